The van der Waals surface area contributed by atoms with Crippen molar-refractivity contribution in [1.29, 1.82) is 0 Å². The molecule has 1 unspecified atom stereocenters. The lowest BCUT2D eigenvalue weighted by Crippen LogP contribution is -2.43. The van der Waals surface area contributed by atoms with E-state index in [2.05, 4.69) is 50.4 Å². The van der Waals surface area contributed by atoms with Crippen LogP contribution in [0, 0.1) is 0 Å². The first-order valence-corrected chi connectivity index (χ1v) is 6.76. The third-order valence-electron chi connectivity index (χ3n) is 3.94. The fourth-order valence-electron chi connectivity index (χ4n) is 2.73. The van der Waals surface area contributed by atoms with Gasteiger partial charge in [0, 0.05) is 18.0 Å². The third kappa shape index (κ3) is 2.32. The first-order valence-electron chi connectivity index (χ1n) is 6.76. The van der Waals surface area contributed by atoms with Gasteiger partial charge >= 0.3 is 0 Å². The van der Waals surface area contributed by atoms with Gasteiger partial charge in [0.2, 0.25) is 0 Å². The van der Waals surface area contributed by atoms with E-state index in [0.717, 1.165) is 31.6 Å². The quantitative estimate of drug-likeness (QED) is 0.856. The van der Waals surface area contributed by atoms with Gasteiger partial charge in [-0.05, 0) is 25.5 Å². The van der Waals surface area contributed by atoms with Crippen molar-refractivity contribution in [3.05, 3.63) is 29.8 Å². The Morgan fingerprint density at radius 2 is 1.94 bits per heavy atom. The molecule has 1 atom stereocenters. The van der Waals surface area contributed by atoms with E-state index in [1.807, 2.05) is 0 Å². The summed E-state index contributed by atoms with van der Waals surface area (Å²) in [5, 5.41) is 3.58. The minimum Gasteiger partial charge on any atom is -0.487 e. The molecule has 1 aromatic rings. The molecule has 0 aliphatic carbocycles. The number of fused-ring (bicyclic) bond motifs is 1. The zero-order valence-corrected chi connectivity index (χ0v) is 11.1. The van der Waals surface area contributed by atoms with Gasteiger partial charge in [0.05, 0.1) is 0 Å². The Morgan fingerprint density at radius 1 is 1.24 bits per heavy atom. The lowest BCUT2D eigenvalue weighted by Gasteiger charge is -2.41. The highest BCUT2D eigenvalue weighted by Crippen LogP contribution is 2.42. The summed E-state index contributed by atoms with van der Waals surface area (Å²) in [6.45, 7) is 7.61. The topological polar surface area (TPSA) is 21.3 Å². The largest absolute Gasteiger partial charge is 0.487 e. The predicted octanol–water partition coefficient (Wildman–Crippen LogP) is 3.68. The molecule has 0 saturated heterocycles. The highest BCUT2D eigenvalue weighted by atomic mass is 16.5. The summed E-state index contributed by atoms with van der Waals surface area (Å²) < 4.78 is 6.25. The number of hydrogen-bond donors (Lipinski definition) is 1. The van der Waals surface area contributed by atoms with Crippen molar-refractivity contribution in [2.24, 2.45) is 0 Å². The van der Waals surface area contributed by atoms with Crippen LogP contribution < -0.4 is 10.1 Å². The number of rotatable bonds is 4. The van der Waals surface area contributed by atoms with Crippen LogP contribution >= 0.6 is 0 Å². The Bertz CT molecular complexity index is 371. The average Bonchev–Trinajstić information content (AvgIpc) is 2.39. The monoisotopic (exact) mass is 233 g/mol. The van der Waals surface area contributed by atoms with Crippen molar-refractivity contribution in [2.75, 3.05) is 6.54 Å². The van der Waals surface area contributed by atoms with Crippen LogP contribution in [0.5, 0.6) is 5.75 Å². The summed E-state index contributed by atoms with van der Waals surface area (Å²) in [6.07, 6.45) is 3.21. The van der Waals surface area contributed by atoms with Crippen LogP contribution in [0.3, 0.4) is 0 Å². The molecule has 1 aromatic carbocycles. The van der Waals surface area contributed by atoms with Gasteiger partial charge in [0.15, 0.2) is 0 Å². The summed E-state index contributed by atoms with van der Waals surface area (Å²) in [5.74, 6) is 1.06. The molecule has 0 aromatic heterocycles. The number of para-hydroxylation sites is 1. The number of hydrogen-bond acceptors (Lipinski definition) is 2. The summed E-state index contributed by atoms with van der Waals surface area (Å²) >= 11 is 0. The second kappa shape index (κ2) is 5.09. The zero-order valence-electron chi connectivity index (χ0n) is 11.1. The molecule has 0 radical (unpaired) electrons. The molecule has 0 amide bonds. The van der Waals surface area contributed by atoms with E-state index in [9.17, 15) is 0 Å². The maximum Gasteiger partial charge on any atom is 0.124 e. The lowest BCUT2D eigenvalue weighted by molar-refractivity contribution is 0.0231. The zero-order chi connectivity index (χ0) is 12.3. The smallest absolute Gasteiger partial charge is 0.124 e. The third-order valence-corrected chi connectivity index (χ3v) is 3.94. The number of ether oxygens (including phenoxy) is 1. The SMILES string of the molecule is CCNC1CC(CC)(CC)Oc2ccccc21. The standard InChI is InChI=1S/C15H23NO/c1-4-15(5-2)11-13(16-6-3)12-9-7-8-10-14(12)17-15/h7-10,13,16H,4-6,11H2,1-3H3. The van der Waals surface area contributed by atoms with Crippen molar-refractivity contribution in [1.82, 2.24) is 5.32 Å². The number of nitrogens with one attached hydrogen (secondary N) is 1. The fraction of sp³-hybridized carbons (Fsp3) is 0.600. The van der Waals surface area contributed by atoms with Crippen molar-refractivity contribution in [3.8, 4) is 5.75 Å². The Morgan fingerprint density at radius 3 is 2.59 bits per heavy atom. The number of benzene rings is 1. The highest BCUT2D eigenvalue weighted by Gasteiger charge is 2.37. The van der Waals surface area contributed by atoms with E-state index in [-0.39, 0.29) is 5.60 Å². The molecule has 2 rings (SSSR count). The van der Waals surface area contributed by atoms with Gasteiger partial charge in [-0.3, -0.25) is 0 Å². The van der Waals surface area contributed by atoms with Gasteiger partial charge < -0.3 is 10.1 Å². The normalized spacial score (nSPS) is 21.7. The van der Waals surface area contributed by atoms with E-state index in [4.69, 9.17) is 4.74 Å². The van der Waals surface area contributed by atoms with Crippen molar-refractivity contribution in [3.63, 3.8) is 0 Å². The van der Waals surface area contributed by atoms with Crippen LogP contribution in [0.2, 0.25) is 0 Å². The molecule has 1 aliphatic rings. The molecule has 0 fully saturated rings. The fourth-order valence-corrected chi connectivity index (χ4v) is 2.73. The van der Waals surface area contributed by atoms with E-state index in [0.29, 0.717) is 6.04 Å². The van der Waals surface area contributed by atoms with E-state index < -0.39 is 0 Å². The molecule has 1 aliphatic heterocycles. The highest BCUT2D eigenvalue weighted by molar-refractivity contribution is 5.38. The summed E-state index contributed by atoms with van der Waals surface area (Å²) in [5.41, 5.74) is 1.33. The second-order valence-corrected chi connectivity index (χ2v) is 4.84. The van der Waals surface area contributed by atoms with Gasteiger partial charge in [-0.25, -0.2) is 0 Å². The predicted molar refractivity (Wildman–Crippen MR) is 71.4 cm³/mol. The summed E-state index contributed by atoms with van der Waals surface area (Å²) in [7, 11) is 0. The van der Waals surface area contributed by atoms with Gasteiger partial charge in [0.1, 0.15) is 11.4 Å². The molecule has 0 spiro atoms. The van der Waals surface area contributed by atoms with Crippen LogP contribution in [-0.4, -0.2) is 12.1 Å². The maximum atomic E-state index is 6.25. The molecule has 1 heterocycles. The summed E-state index contributed by atoms with van der Waals surface area (Å²) in [4.78, 5) is 0. The lowest BCUT2D eigenvalue weighted by atomic mass is 9.83. The van der Waals surface area contributed by atoms with Crippen molar-refractivity contribution >= 4 is 0 Å². The molecule has 94 valence electrons. The van der Waals surface area contributed by atoms with Crippen molar-refractivity contribution in [2.45, 2.75) is 51.7 Å². The molecular weight excluding hydrogens is 210 g/mol. The van der Waals surface area contributed by atoms with Crippen LogP contribution in [0.1, 0.15) is 51.6 Å². The van der Waals surface area contributed by atoms with Gasteiger partial charge in [-0.1, -0.05) is 39.0 Å². The molecule has 2 nitrogen and oxygen atoms in total. The molecule has 17 heavy (non-hydrogen) atoms. The molecule has 1 N–H and O–H groups in total. The van der Waals surface area contributed by atoms with E-state index in [1.165, 1.54) is 5.56 Å². The van der Waals surface area contributed by atoms with E-state index in [1.54, 1.807) is 0 Å². The molecular formula is C15H23NO. The Hall–Kier alpha value is -1.02. The average molecular weight is 233 g/mol. The summed E-state index contributed by atoms with van der Waals surface area (Å²) in [6, 6.07) is 8.86. The molecule has 0 bridgehead atoms. The minimum atomic E-state index is 0.0151. The molecule has 2 heteroatoms. The van der Waals surface area contributed by atoms with Gasteiger partial charge in [-0.15, -0.1) is 0 Å². The maximum absolute atomic E-state index is 6.25. The Kier molecular flexibility index (Phi) is 3.72. The van der Waals surface area contributed by atoms with Gasteiger partial charge in [0.25, 0.3) is 0 Å². The van der Waals surface area contributed by atoms with Crippen LogP contribution in [0.4, 0.5) is 0 Å². The van der Waals surface area contributed by atoms with Crippen LogP contribution in [0.15, 0.2) is 24.3 Å². The first kappa shape index (κ1) is 12.4. The van der Waals surface area contributed by atoms with Crippen LogP contribution in [-0.2, 0) is 0 Å². The second-order valence-electron chi connectivity index (χ2n) is 4.84. The van der Waals surface area contributed by atoms with Crippen LogP contribution in [0.25, 0.3) is 0 Å². The molecule has 0 saturated carbocycles. The first-order chi connectivity index (χ1) is 8.24. The van der Waals surface area contributed by atoms with Crippen molar-refractivity contribution < 1.29 is 4.74 Å². The minimum absolute atomic E-state index is 0.0151. The Labute approximate surface area is 104 Å². The van der Waals surface area contributed by atoms with E-state index >= 15 is 0 Å². The van der Waals surface area contributed by atoms with Gasteiger partial charge in [-0.2, -0.15) is 0 Å². The Balaban J connectivity index is 2.35.